The molecule has 0 aliphatic carbocycles. The average Bonchev–Trinajstić information content (AvgIpc) is 2.06. The molecule has 0 heterocycles. The maximum absolute atomic E-state index is 11.6. The van der Waals surface area contributed by atoms with Crippen molar-refractivity contribution in [1.82, 2.24) is 4.94 Å². The normalized spacial score (nSPS) is 11.4. The zero-order valence-electron chi connectivity index (χ0n) is 6.20. The SMILES string of the molecule is O=S(=O)(Cc1ccccc1)NF. The van der Waals surface area contributed by atoms with Crippen LogP contribution in [0.3, 0.4) is 0 Å². The molecule has 1 rings (SSSR count). The van der Waals surface area contributed by atoms with Crippen LogP contribution in [-0.4, -0.2) is 8.42 Å². The summed E-state index contributed by atoms with van der Waals surface area (Å²) in [7, 11) is -3.79. The lowest BCUT2D eigenvalue weighted by molar-refractivity contribution is 0.425. The summed E-state index contributed by atoms with van der Waals surface area (Å²) >= 11 is 0. The second-order valence-corrected chi connectivity index (χ2v) is 3.99. The van der Waals surface area contributed by atoms with Crippen molar-refractivity contribution >= 4 is 10.0 Å². The number of rotatable bonds is 3. The molecular weight excluding hydrogens is 181 g/mol. The van der Waals surface area contributed by atoms with Crippen molar-refractivity contribution < 1.29 is 12.9 Å². The summed E-state index contributed by atoms with van der Waals surface area (Å²) in [6.07, 6.45) is 0. The number of halogens is 1. The zero-order chi connectivity index (χ0) is 9.03. The summed E-state index contributed by atoms with van der Waals surface area (Å²) < 4.78 is 33.0. The molecule has 0 fully saturated rings. The van der Waals surface area contributed by atoms with E-state index in [2.05, 4.69) is 0 Å². The number of sulfonamides is 1. The smallest absolute Gasteiger partial charge is 0.210 e. The molecule has 0 amide bonds. The molecule has 0 saturated carbocycles. The Bertz CT molecular complexity index is 336. The van der Waals surface area contributed by atoms with Crippen molar-refractivity contribution in [2.45, 2.75) is 5.75 Å². The van der Waals surface area contributed by atoms with Crippen molar-refractivity contribution in [3.05, 3.63) is 35.9 Å². The Morgan fingerprint density at radius 1 is 1.25 bits per heavy atom. The molecule has 0 saturated heterocycles. The lowest BCUT2D eigenvalue weighted by Gasteiger charge is -1.98. The standard InChI is InChI=1S/C7H8FNO2S/c8-9-12(10,11)6-7-4-2-1-3-5-7/h1-5,9H,6H2. The predicted octanol–water partition coefficient (Wildman–Crippen LogP) is 0.991. The summed E-state index contributed by atoms with van der Waals surface area (Å²) in [5.74, 6) is -0.329. The molecule has 1 N–H and O–H groups in total. The number of hydrogen-bond donors (Lipinski definition) is 1. The van der Waals surface area contributed by atoms with Crippen molar-refractivity contribution in [2.75, 3.05) is 0 Å². The summed E-state index contributed by atoms with van der Waals surface area (Å²) in [6, 6.07) is 8.40. The summed E-state index contributed by atoms with van der Waals surface area (Å²) in [5, 5.41) is 0. The molecule has 1 aromatic carbocycles. The third kappa shape index (κ3) is 2.60. The minimum Gasteiger partial charge on any atom is -0.210 e. The zero-order valence-corrected chi connectivity index (χ0v) is 7.01. The highest BCUT2D eigenvalue weighted by Gasteiger charge is 2.09. The Hall–Kier alpha value is -0.940. The molecule has 0 bridgehead atoms. The van der Waals surface area contributed by atoms with Crippen LogP contribution in [0.5, 0.6) is 0 Å². The van der Waals surface area contributed by atoms with Crippen LogP contribution in [0.2, 0.25) is 0 Å². The van der Waals surface area contributed by atoms with E-state index in [0.717, 1.165) is 4.94 Å². The van der Waals surface area contributed by atoms with Gasteiger partial charge < -0.3 is 0 Å². The van der Waals surface area contributed by atoms with Gasteiger partial charge in [0.05, 0.1) is 5.75 Å². The Balaban J connectivity index is 2.78. The molecule has 1 aromatic rings. The fourth-order valence-electron chi connectivity index (χ4n) is 0.821. The van der Waals surface area contributed by atoms with Gasteiger partial charge in [-0.3, -0.25) is 0 Å². The van der Waals surface area contributed by atoms with E-state index in [1.165, 1.54) is 0 Å². The molecule has 0 atom stereocenters. The quantitative estimate of drug-likeness (QED) is 0.721. The fourth-order valence-corrected chi connectivity index (χ4v) is 1.51. The second kappa shape index (κ2) is 3.64. The van der Waals surface area contributed by atoms with Crippen LogP contribution < -0.4 is 4.94 Å². The van der Waals surface area contributed by atoms with Crippen molar-refractivity contribution in [1.29, 1.82) is 0 Å². The molecule has 66 valence electrons. The van der Waals surface area contributed by atoms with E-state index in [1.54, 1.807) is 30.3 Å². The van der Waals surface area contributed by atoms with Crippen LogP contribution in [0.1, 0.15) is 5.56 Å². The van der Waals surface area contributed by atoms with Crippen molar-refractivity contribution in [3.8, 4) is 0 Å². The first-order valence-electron chi connectivity index (χ1n) is 3.28. The van der Waals surface area contributed by atoms with Crippen molar-refractivity contribution in [3.63, 3.8) is 0 Å². The van der Waals surface area contributed by atoms with Gasteiger partial charge >= 0.3 is 0 Å². The van der Waals surface area contributed by atoms with E-state index in [9.17, 15) is 12.9 Å². The summed E-state index contributed by atoms with van der Waals surface area (Å²) in [4.78, 5) is 0.762. The van der Waals surface area contributed by atoms with Gasteiger partial charge in [-0.2, -0.15) is 0 Å². The first-order valence-corrected chi connectivity index (χ1v) is 4.93. The van der Waals surface area contributed by atoms with E-state index in [-0.39, 0.29) is 5.75 Å². The minimum absolute atomic E-state index is 0.329. The van der Waals surface area contributed by atoms with Crippen LogP contribution in [0.15, 0.2) is 30.3 Å². The average molecular weight is 189 g/mol. The van der Waals surface area contributed by atoms with E-state index < -0.39 is 10.0 Å². The van der Waals surface area contributed by atoms with Gasteiger partial charge in [-0.15, -0.1) is 4.48 Å². The molecule has 0 unspecified atom stereocenters. The lowest BCUT2D eigenvalue weighted by Crippen LogP contribution is -2.16. The molecular formula is C7H8FNO2S. The van der Waals surface area contributed by atoms with Gasteiger partial charge in [0.25, 0.3) is 0 Å². The highest BCUT2D eigenvalue weighted by Crippen LogP contribution is 2.03. The van der Waals surface area contributed by atoms with Gasteiger partial charge in [-0.1, -0.05) is 35.3 Å². The largest absolute Gasteiger partial charge is 0.241 e. The van der Waals surface area contributed by atoms with Crippen LogP contribution in [0.4, 0.5) is 4.48 Å². The lowest BCUT2D eigenvalue weighted by atomic mass is 10.2. The van der Waals surface area contributed by atoms with E-state index in [4.69, 9.17) is 0 Å². The molecule has 0 aromatic heterocycles. The van der Waals surface area contributed by atoms with Gasteiger partial charge in [0.2, 0.25) is 10.0 Å². The van der Waals surface area contributed by atoms with Crippen LogP contribution >= 0.6 is 0 Å². The predicted molar refractivity (Wildman–Crippen MR) is 43.3 cm³/mol. The monoisotopic (exact) mass is 189 g/mol. The van der Waals surface area contributed by atoms with Gasteiger partial charge in [0.15, 0.2) is 0 Å². The molecule has 0 radical (unpaired) electrons. The highest BCUT2D eigenvalue weighted by atomic mass is 32.2. The van der Waals surface area contributed by atoms with Gasteiger partial charge in [0, 0.05) is 0 Å². The number of hydrogen-bond acceptors (Lipinski definition) is 2. The molecule has 0 aliphatic heterocycles. The number of nitrogens with one attached hydrogen (secondary N) is 1. The van der Waals surface area contributed by atoms with Crippen LogP contribution in [0.25, 0.3) is 0 Å². The molecule has 5 heteroatoms. The summed E-state index contributed by atoms with van der Waals surface area (Å²) in [6.45, 7) is 0. The molecule has 0 aliphatic rings. The van der Waals surface area contributed by atoms with E-state index >= 15 is 0 Å². The maximum Gasteiger partial charge on any atom is 0.241 e. The fraction of sp³-hybridized carbons (Fsp3) is 0.143. The van der Waals surface area contributed by atoms with Gasteiger partial charge in [-0.05, 0) is 5.56 Å². The first-order chi connectivity index (χ1) is 5.64. The van der Waals surface area contributed by atoms with Crippen LogP contribution in [0, 0.1) is 0 Å². The number of benzene rings is 1. The first kappa shape index (κ1) is 9.15. The maximum atomic E-state index is 11.6. The van der Waals surface area contributed by atoms with Gasteiger partial charge in [0.1, 0.15) is 0 Å². The molecule has 0 spiro atoms. The van der Waals surface area contributed by atoms with Crippen LogP contribution in [-0.2, 0) is 15.8 Å². The Labute approximate surface area is 70.2 Å². The second-order valence-electron chi connectivity index (χ2n) is 2.32. The highest BCUT2D eigenvalue weighted by molar-refractivity contribution is 7.88. The molecule has 12 heavy (non-hydrogen) atoms. The Morgan fingerprint density at radius 3 is 2.33 bits per heavy atom. The van der Waals surface area contributed by atoms with Crippen molar-refractivity contribution in [2.24, 2.45) is 0 Å². The van der Waals surface area contributed by atoms with E-state index in [0.29, 0.717) is 5.56 Å². The summed E-state index contributed by atoms with van der Waals surface area (Å²) in [5.41, 5.74) is 0.558. The topological polar surface area (TPSA) is 46.2 Å². The third-order valence-corrected chi connectivity index (χ3v) is 2.27. The third-order valence-electron chi connectivity index (χ3n) is 1.32. The Morgan fingerprint density at radius 2 is 1.83 bits per heavy atom. The van der Waals surface area contributed by atoms with Gasteiger partial charge in [-0.25, -0.2) is 8.42 Å². The van der Waals surface area contributed by atoms with E-state index in [1.807, 2.05) is 0 Å². The minimum atomic E-state index is -3.79. The molecule has 3 nitrogen and oxygen atoms in total. The Kier molecular flexibility index (Phi) is 2.78.